The maximum Gasteiger partial charge on any atom is 0.407 e. The van der Waals surface area contributed by atoms with Gasteiger partial charge in [-0.05, 0) is 12.7 Å². The van der Waals surface area contributed by atoms with Gasteiger partial charge in [0.1, 0.15) is 0 Å². The molecule has 2 N–H and O–H groups in total. The zero-order valence-electron chi connectivity index (χ0n) is 12.8. The Morgan fingerprint density at radius 3 is 2.50 bits per heavy atom. The van der Waals surface area contributed by atoms with Gasteiger partial charge in [-0.3, -0.25) is 0 Å². The number of hydrogen-bond acceptors (Lipinski definition) is 2. The van der Waals surface area contributed by atoms with Crippen molar-refractivity contribution in [1.82, 2.24) is 4.90 Å². The van der Waals surface area contributed by atoms with Gasteiger partial charge in [0.2, 0.25) is 0 Å². The SMILES string of the molecule is [2H]C1([2H])C(O)C([2H])([2H])C([2H])([2H])N(C(=O)O)C1([2H])[2H]. The van der Waals surface area contributed by atoms with Crippen molar-refractivity contribution in [2.75, 3.05) is 13.0 Å². The highest BCUT2D eigenvalue weighted by Gasteiger charge is 2.19. The molecular formula is C6H11NO3. The molecule has 1 saturated heterocycles. The van der Waals surface area contributed by atoms with E-state index in [0.717, 1.165) is 0 Å². The van der Waals surface area contributed by atoms with Crippen LogP contribution in [0.2, 0.25) is 0 Å². The molecule has 0 aromatic carbocycles. The predicted molar refractivity (Wildman–Crippen MR) is 34.8 cm³/mol. The van der Waals surface area contributed by atoms with Gasteiger partial charge in [0.15, 0.2) is 0 Å². The summed E-state index contributed by atoms with van der Waals surface area (Å²) in [5.41, 5.74) is 0. The van der Waals surface area contributed by atoms with E-state index in [2.05, 4.69) is 0 Å². The van der Waals surface area contributed by atoms with Crippen molar-refractivity contribution in [2.24, 2.45) is 0 Å². The summed E-state index contributed by atoms with van der Waals surface area (Å²) in [6.07, 6.45) is -11.4. The molecule has 1 rings (SSSR count). The summed E-state index contributed by atoms with van der Waals surface area (Å²) in [6.45, 7) is -6.85. The number of carbonyl (C=O) groups is 1. The highest BCUT2D eigenvalue weighted by atomic mass is 16.4. The van der Waals surface area contributed by atoms with E-state index in [0.29, 0.717) is 0 Å². The van der Waals surface area contributed by atoms with Gasteiger partial charge in [-0.15, -0.1) is 0 Å². The third-order valence-corrected chi connectivity index (χ3v) is 0.817. The van der Waals surface area contributed by atoms with Crippen LogP contribution in [0.25, 0.3) is 0 Å². The minimum atomic E-state index is -3.42. The molecule has 4 heteroatoms. The third-order valence-electron chi connectivity index (χ3n) is 0.817. The Labute approximate surface area is 70.3 Å². The Hall–Kier alpha value is -0.770. The van der Waals surface area contributed by atoms with Crippen molar-refractivity contribution in [2.45, 2.75) is 18.8 Å². The van der Waals surface area contributed by atoms with Crippen LogP contribution in [0.15, 0.2) is 0 Å². The molecule has 1 fully saturated rings. The fraction of sp³-hybridized carbons (Fsp3) is 0.833. The summed E-state index contributed by atoms with van der Waals surface area (Å²) < 4.78 is 58.7. The van der Waals surface area contributed by atoms with Gasteiger partial charge < -0.3 is 15.1 Å². The molecule has 58 valence electrons. The van der Waals surface area contributed by atoms with Crippen molar-refractivity contribution < 1.29 is 26.0 Å². The van der Waals surface area contributed by atoms with E-state index < -0.39 is 42.8 Å². The molecule has 0 spiro atoms. The zero-order valence-corrected chi connectivity index (χ0v) is 4.83. The lowest BCUT2D eigenvalue weighted by molar-refractivity contribution is 0.0769. The highest BCUT2D eigenvalue weighted by molar-refractivity contribution is 5.64. The monoisotopic (exact) mass is 153 g/mol. The van der Waals surface area contributed by atoms with Gasteiger partial charge in [-0.2, -0.15) is 0 Å². The third kappa shape index (κ3) is 1.60. The summed E-state index contributed by atoms with van der Waals surface area (Å²) in [5, 5.41) is 18.3. The van der Waals surface area contributed by atoms with Crippen LogP contribution in [0.3, 0.4) is 0 Å². The van der Waals surface area contributed by atoms with Crippen LogP contribution >= 0.6 is 0 Å². The maximum absolute atomic E-state index is 10.9. The molecule has 10 heavy (non-hydrogen) atoms. The van der Waals surface area contributed by atoms with Gasteiger partial charge in [-0.1, -0.05) is 0 Å². The largest absolute Gasteiger partial charge is 0.465 e. The molecule has 1 aliphatic rings. The van der Waals surface area contributed by atoms with E-state index in [1.807, 2.05) is 0 Å². The lowest BCUT2D eigenvalue weighted by Crippen LogP contribution is -2.39. The Morgan fingerprint density at radius 1 is 1.60 bits per heavy atom. The predicted octanol–water partition coefficient (Wildman–Crippen LogP) is 0.121. The normalized spacial score (nSPS) is 53.1. The number of aliphatic hydroxyl groups is 1. The molecule has 1 aliphatic heterocycles. The number of hydrogen-bond donors (Lipinski definition) is 2. The van der Waals surface area contributed by atoms with Gasteiger partial charge in [0.05, 0.1) is 6.10 Å². The summed E-state index contributed by atoms with van der Waals surface area (Å²) in [6, 6.07) is 0. The summed E-state index contributed by atoms with van der Waals surface area (Å²) in [5.74, 6) is 0. The number of piperidine rings is 1. The first-order valence-electron chi connectivity index (χ1n) is 6.43. The van der Waals surface area contributed by atoms with Crippen LogP contribution in [0.1, 0.15) is 23.7 Å². The molecule has 1 amide bonds. The van der Waals surface area contributed by atoms with Crippen LogP contribution in [-0.4, -0.2) is 40.3 Å². The fourth-order valence-corrected chi connectivity index (χ4v) is 0.411. The van der Waals surface area contributed by atoms with Gasteiger partial charge >= 0.3 is 6.09 Å². The molecule has 0 aromatic rings. The lowest BCUT2D eigenvalue weighted by atomic mass is 10.1. The Bertz CT molecular complexity index is 355. The highest BCUT2D eigenvalue weighted by Crippen LogP contribution is 2.08. The van der Waals surface area contributed by atoms with E-state index in [4.69, 9.17) is 16.1 Å². The maximum atomic E-state index is 10.9. The zero-order chi connectivity index (χ0) is 14.7. The number of nitrogens with zero attached hydrogens (tertiary/aromatic N) is 1. The molecule has 0 aromatic heterocycles. The smallest absolute Gasteiger partial charge is 0.407 e. The second kappa shape index (κ2) is 2.88. The molecule has 4 nitrogen and oxygen atoms in total. The molecule has 0 unspecified atom stereocenters. The number of carboxylic acid groups (broad SMARTS) is 1. The quantitative estimate of drug-likeness (QED) is 0.519. The van der Waals surface area contributed by atoms with Crippen molar-refractivity contribution in [3.8, 4) is 0 Å². The number of rotatable bonds is 0. The second-order valence-electron chi connectivity index (χ2n) is 1.53. The Kier molecular flexibility index (Phi) is 0.606. The van der Waals surface area contributed by atoms with Crippen LogP contribution in [0, 0.1) is 0 Å². The number of aliphatic hydroxyl groups excluding tert-OH is 1. The Balaban J connectivity index is 3.55. The molecule has 0 bridgehead atoms. The first kappa shape index (κ1) is 2.11. The summed E-state index contributed by atoms with van der Waals surface area (Å²) >= 11 is 0. The molecule has 0 atom stereocenters. The minimum absolute atomic E-state index is 0.577. The summed E-state index contributed by atoms with van der Waals surface area (Å²) in [7, 11) is 0. The minimum Gasteiger partial charge on any atom is -0.465 e. The van der Waals surface area contributed by atoms with Gasteiger partial charge in [0, 0.05) is 24.0 Å². The topological polar surface area (TPSA) is 60.8 Å². The van der Waals surface area contributed by atoms with Crippen LogP contribution in [0.5, 0.6) is 0 Å². The van der Waals surface area contributed by atoms with E-state index in [9.17, 15) is 9.90 Å². The molecule has 0 aliphatic carbocycles. The first-order chi connectivity index (χ1) is 7.72. The number of likely N-dealkylation sites (tertiary alicyclic amines) is 1. The standard InChI is InChI=1S/C6H11NO3/c8-5-1-3-7(4-2-5)6(9)10/h5,8H,1-4H2,(H,9,10)/i1D2,2D2,3D2,4D2. The van der Waals surface area contributed by atoms with E-state index in [-0.39, 0.29) is 0 Å². The van der Waals surface area contributed by atoms with Crippen molar-refractivity contribution in [3.63, 3.8) is 0 Å². The fourth-order valence-electron chi connectivity index (χ4n) is 0.411. The summed E-state index contributed by atoms with van der Waals surface area (Å²) in [4.78, 5) is 10.3. The molecule has 0 radical (unpaired) electrons. The van der Waals surface area contributed by atoms with Gasteiger partial charge in [-0.25, -0.2) is 4.79 Å². The molecule has 0 saturated carbocycles. The van der Waals surface area contributed by atoms with Crippen molar-refractivity contribution in [3.05, 3.63) is 0 Å². The number of amides is 1. The van der Waals surface area contributed by atoms with Crippen molar-refractivity contribution in [1.29, 1.82) is 0 Å². The molecular weight excluding hydrogens is 134 g/mol. The average Bonchev–Trinajstić information content (AvgIpc) is 2.12. The molecule has 1 heterocycles. The van der Waals surface area contributed by atoms with E-state index in [1.54, 1.807) is 0 Å². The van der Waals surface area contributed by atoms with E-state index >= 15 is 0 Å². The van der Waals surface area contributed by atoms with Crippen LogP contribution in [0.4, 0.5) is 4.79 Å². The Morgan fingerprint density at radius 2 is 2.10 bits per heavy atom. The van der Waals surface area contributed by atoms with Crippen LogP contribution < -0.4 is 0 Å². The van der Waals surface area contributed by atoms with Crippen LogP contribution in [-0.2, 0) is 0 Å². The lowest BCUT2D eigenvalue weighted by Gasteiger charge is -2.26. The average molecular weight is 153 g/mol. The first-order valence-corrected chi connectivity index (χ1v) is 2.43. The van der Waals surface area contributed by atoms with Gasteiger partial charge in [0.25, 0.3) is 0 Å². The van der Waals surface area contributed by atoms with E-state index in [1.165, 1.54) is 0 Å². The van der Waals surface area contributed by atoms with Crippen molar-refractivity contribution >= 4 is 6.09 Å². The second-order valence-corrected chi connectivity index (χ2v) is 1.53.